The summed E-state index contributed by atoms with van der Waals surface area (Å²) >= 11 is 7.31. The van der Waals surface area contributed by atoms with Crippen LogP contribution in [0.3, 0.4) is 0 Å². The number of carboxylic acid groups (broad SMARTS) is 1. The van der Waals surface area contributed by atoms with E-state index in [0.29, 0.717) is 5.82 Å². The summed E-state index contributed by atoms with van der Waals surface area (Å²) in [6.07, 6.45) is 1.45. The quantitative estimate of drug-likeness (QED) is 0.383. The van der Waals surface area contributed by atoms with Gasteiger partial charge in [0.1, 0.15) is 5.82 Å². The van der Waals surface area contributed by atoms with Gasteiger partial charge in [-0.1, -0.05) is 0 Å². The highest BCUT2D eigenvalue weighted by atomic mass is 127. The average molecular weight is 328 g/mol. The Morgan fingerprint density at radius 2 is 2.43 bits per heavy atom. The average Bonchev–Trinajstić information content (AvgIpc) is 2.02. The number of anilines is 1. The minimum atomic E-state index is -1.12. The fraction of sp³-hybridized carbons (Fsp3) is 0.286. The highest BCUT2D eigenvalue weighted by Gasteiger charge is 2.29. The van der Waals surface area contributed by atoms with Gasteiger partial charge in [-0.2, -0.15) is 0 Å². The predicted octanol–water partition coefficient (Wildman–Crippen LogP) is 1.78. The van der Waals surface area contributed by atoms with E-state index in [9.17, 15) is 4.79 Å². The summed E-state index contributed by atoms with van der Waals surface area (Å²) in [4.78, 5) is 18.3. The second-order valence-electron chi connectivity index (χ2n) is 2.64. The molecule has 0 saturated carbocycles. The Kier molecular flexibility index (Phi) is 3.48. The number of aliphatic carboxylic acids is 1. The maximum Gasteiger partial charge on any atom is 0.339 e. The normalized spacial score (nSPS) is 14.5. The summed E-state index contributed by atoms with van der Waals surface area (Å²) in [5.41, 5.74) is 0. The standard InChI is InChI=1S/C7H7ClIN3O2/c1-7(9,5(13)14)12-4-2-3-10-6(8)11-4/h2-3H,1H3,(H,13,14)(H,10,11,12)/t7-/m0/s1. The zero-order valence-electron chi connectivity index (χ0n) is 7.16. The van der Waals surface area contributed by atoms with Crippen molar-refractivity contribution in [3.63, 3.8) is 0 Å². The van der Waals surface area contributed by atoms with Gasteiger partial charge < -0.3 is 10.4 Å². The van der Waals surface area contributed by atoms with Gasteiger partial charge in [-0.15, -0.1) is 0 Å². The monoisotopic (exact) mass is 327 g/mol. The van der Waals surface area contributed by atoms with E-state index in [-0.39, 0.29) is 5.28 Å². The second kappa shape index (κ2) is 4.26. The van der Waals surface area contributed by atoms with Gasteiger partial charge >= 0.3 is 5.97 Å². The first-order valence-corrected chi connectivity index (χ1v) is 5.06. The van der Waals surface area contributed by atoms with Crippen molar-refractivity contribution in [3.8, 4) is 0 Å². The molecular formula is C7H7ClIN3O2. The van der Waals surface area contributed by atoms with Crippen molar-refractivity contribution in [2.24, 2.45) is 0 Å². The Morgan fingerprint density at radius 3 is 2.93 bits per heavy atom. The molecule has 0 bridgehead atoms. The molecule has 0 spiro atoms. The fourth-order valence-electron chi connectivity index (χ4n) is 0.698. The van der Waals surface area contributed by atoms with Crippen LogP contribution < -0.4 is 5.32 Å². The Morgan fingerprint density at radius 1 is 1.79 bits per heavy atom. The summed E-state index contributed by atoms with van der Waals surface area (Å²) < 4.78 is -1.12. The van der Waals surface area contributed by atoms with Crippen LogP contribution in [0.25, 0.3) is 0 Å². The highest BCUT2D eigenvalue weighted by molar-refractivity contribution is 14.1. The number of nitrogens with one attached hydrogen (secondary N) is 1. The zero-order valence-corrected chi connectivity index (χ0v) is 10.1. The molecule has 0 radical (unpaired) electrons. The van der Waals surface area contributed by atoms with E-state index in [2.05, 4.69) is 15.3 Å². The van der Waals surface area contributed by atoms with Gasteiger partial charge in [0.2, 0.25) is 5.28 Å². The van der Waals surface area contributed by atoms with Gasteiger partial charge in [0.25, 0.3) is 0 Å². The molecule has 1 rings (SSSR count). The number of halogens is 2. The van der Waals surface area contributed by atoms with E-state index >= 15 is 0 Å². The summed E-state index contributed by atoms with van der Waals surface area (Å²) in [6, 6.07) is 1.55. The maximum atomic E-state index is 10.8. The van der Waals surface area contributed by atoms with Crippen molar-refractivity contribution >= 4 is 46.0 Å². The van der Waals surface area contributed by atoms with Crippen molar-refractivity contribution in [2.75, 3.05) is 5.32 Å². The molecule has 0 aliphatic rings. The van der Waals surface area contributed by atoms with Crippen LogP contribution in [0.1, 0.15) is 6.92 Å². The second-order valence-corrected chi connectivity index (χ2v) is 5.14. The third kappa shape index (κ3) is 2.95. The van der Waals surface area contributed by atoms with Gasteiger partial charge in [0.05, 0.1) is 0 Å². The first kappa shape index (κ1) is 11.4. The predicted molar refractivity (Wildman–Crippen MR) is 60.7 cm³/mol. The molecule has 2 N–H and O–H groups in total. The molecule has 1 atom stereocenters. The molecule has 0 aromatic carbocycles. The molecule has 1 aromatic rings. The zero-order chi connectivity index (χ0) is 10.8. The largest absolute Gasteiger partial charge is 0.479 e. The van der Waals surface area contributed by atoms with Crippen molar-refractivity contribution in [1.29, 1.82) is 0 Å². The third-order valence-corrected chi connectivity index (χ3v) is 2.30. The first-order chi connectivity index (χ1) is 6.42. The van der Waals surface area contributed by atoms with Crippen LogP contribution in [-0.4, -0.2) is 24.6 Å². The first-order valence-electron chi connectivity index (χ1n) is 3.61. The van der Waals surface area contributed by atoms with Crippen molar-refractivity contribution in [2.45, 2.75) is 10.5 Å². The highest BCUT2D eigenvalue weighted by Crippen LogP contribution is 2.20. The number of rotatable bonds is 3. The molecule has 5 nitrogen and oxygen atoms in total. The number of nitrogens with zero attached hydrogens (tertiary/aromatic N) is 2. The van der Waals surface area contributed by atoms with Gasteiger partial charge in [-0.05, 0) is 47.2 Å². The summed E-state index contributed by atoms with van der Waals surface area (Å²) in [5.74, 6) is -0.600. The van der Waals surface area contributed by atoms with Gasteiger partial charge in [0, 0.05) is 6.20 Å². The van der Waals surface area contributed by atoms with Crippen LogP contribution in [0.4, 0.5) is 5.82 Å². The van der Waals surface area contributed by atoms with Crippen LogP contribution in [0.15, 0.2) is 12.3 Å². The Balaban J connectivity index is 2.83. The third-order valence-electron chi connectivity index (χ3n) is 1.39. The fourth-order valence-corrected chi connectivity index (χ4v) is 1.12. The van der Waals surface area contributed by atoms with E-state index in [1.54, 1.807) is 28.7 Å². The lowest BCUT2D eigenvalue weighted by Gasteiger charge is -2.19. The molecule has 0 fully saturated rings. The molecule has 1 aromatic heterocycles. The number of alkyl halides is 1. The Labute approximate surface area is 99.0 Å². The molecule has 1 heterocycles. The van der Waals surface area contributed by atoms with Gasteiger partial charge in [-0.3, -0.25) is 0 Å². The SMILES string of the molecule is C[C@](I)(Nc1ccnc(Cl)n1)C(=O)O. The molecule has 0 saturated heterocycles. The number of hydrogen-bond donors (Lipinski definition) is 2. The molecule has 0 aliphatic heterocycles. The summed E-state index contributed by atoms with van der Waals surface area (Å²) in [7, 11) is 0. The van der Waals surface area contributed by atoms with Crippen LogP contribution in [-0.2, 0) is 4.79 Å². The lowest BCUT2D eigenvalue weighted by molar-refractivity contribution is -0.138. The number of hydrogen-bond acceptors (Lipinski definition) is 4. The molecular weight excluding hydrogens is 320 g/mol. The number of carbonyl (C=O) groups is 1. The lowest BCUT2D eigenvalue weighted by atomic mass is 10.3. The molecule has 76 valence electrons. The van der Waals surface area contributed by atoms with E-state index in [0.717, 1.165) is 0 Å². The van der Waals surface area contributed by atoms with E-state index < -0.39 is 9.51 Å². The Bertz CT molecular complexity index is 359. The number of carboxylic acids is 1. The topological polar surface area (TPSA) is 75.1 Å². The van der Waals surface area contributed by atoms with Crippen molar-refractivity contribution in [1.82, 2.24) is 9.97 Å². The van der Waals surface area contributed by atoms with Gasteiger partial charge in [-0.25, -0.2) is 14.8 Å². The molecule has 7 heteroatoms. The van der Waals surface area contributed by atoms with Crippen LogP contribution in [0.5, 0.6) is 0 Å². The lowest BCUT2D eigenvalue weighted by Crippen LogP contribution is -2.36. The molecule has 0 aliphatic carbocycles. The van der Waals surface area contributed by atoms with Crippen molar-refractivity contribution in [3.05, 3.63) is 17.5 Å². The van der Waals surface area contributed by atoms with Crippen molar-refractivity contribution < 1.29 is 9.90 Å². The molecule has 0 amide bonds. The van der Waals surface area contributed by atoms with Crippen LogP contribution in [0, 0.1) is 0 Å². The van der Waals surface area contributed by atoms with E-state index in [1.165, 1.54) is 13.1 Å². The van der Waals surface area contributed by atoms with E-state index in [1.807, 2.05) is 0 Å². The molecule has 0 unspecified atom stereocenters. The maximum absolute atomic E-state index is 10.8. The van der Waals surface area contributed by atoms with E-state index in [4.69, 9.17) is 16.7 Å². The van der Waals surface area contributed by atoms with Crippen LogP contribution in [0.2, 0.25) is 5.28 Å². The minimum Gasteiger partial charge on any atom is -0.479 e. The summed E-state index contributed by atoms with van der Waals surface area (Å²) in [5, 5.41) is 11.6. The van der Waals surface area contributed by atoms with Gasteiger partial charge in [0.15, 0.2) is 3.55 Å². The smallest absolute Gasteiger partial charge is 0.339 e. The molecule has 14 heavy (non-hydrogen) atoms. The minimum absolute atomic E-state index is 0.0765. The summed E-state index contributed by atoms with van der Waals surface area (Å²) in [6.45, 7) is 1.52. The Hall–Kier alpha value is -0.630. The van der Waals surface area contributed by atoms with Crippen LogP contribution >= 0.6 is 34.2 Å². The number of aromatic nitrogens is 2.